The van der Waals surface area contributed by atoms with E-state index in [0.717, 1.165) is 50.4 Å². The maximum atomic E-state index is 5.14. The molecule has 0 aliphatic carbocycles. The van der Waals surface area contributed by atoms with Gasteiger partial charge in [-0.2, -0.15) is 0 Å². The number of nitrogens with zero attached hydrogens (tertiary/aromatic N) is 3. The van der Waals surface area contributed by atoms with Crippen LogP contribution in [0.4, 0.5) is 0 Å². The number of hydrogen-bond acceptors (Lipinski definition) is 2. The molecule has 3 heteroatoms. The molecule has 3 nitrogen and oxygen atoms in total. The van der Waals surface area contributed by atoms with Crippen LogP contribution < -0.4 is 0 Å². The fourth-order valence-electron chi connectivity index (χ4n) is 6.78. The predicted octanol–water partition coefficient (Wildman–Crippen LogP) is 11.4. The molecule has 0 spiro atoms. The van der Waals surface area contributed by atoms with Crippen molar-refractivity contribution in [2.45, 2.75) is 0 Å². The topological polar surface area (TPSA) is 30.7 Å². The Morgan fingerprint density at radius 3 is 1.72 bits per heavy atom. The van der Waals surface area contributed by atoms with Crippen molar-refractivity contribution in [1.82, 2.24) is 14.5 Å². The van der Waals surface area contributed by atoms with Crippen LogP contribution in [0.15, 0.2) is 176 Å². The van der Waals surface area contributed by atoms with Gasteiger partial charge in [0.2, 0.25) is 0 Å². The summed E-state index contributed by atoms with van der Waals surface area (Å²) in [4.78, 5) is 10.2. The Balaban J connectivity index is 1.27. The molecule has 0 amide bonds. The van der Waals surface area contributed by atoms with Crippen molar-refractivity contribution < 1.29 is 0 Å². The quantitative estimate of drug-likeness (QED) is 0.197. The lowest BCUT2D eigenvalue weighted by Gasteiger charge is -2.14. The summed E-state index contributed by atoms with van der Waals surface area (Å²) in [5, 5.41) is 3.49. The second kappa shape index (κ2) is 11.2. The van der Waals surface area contributed by atoms with Gasteiger partial charge < -0.3 is 4.57 Å². The van der Waals surface area contributed by atoms with Crippen molar-refractivity contribution in [1.29, 1.82) is 0 Å². The van der Waals surface area contributed by atoms with E-state index in [0.29, 0.717) is 0 Å². The first-order chi connectivity index (χ1) is 23.3. The molecule has 0 aliphatic heterocycles. The van der Waals surface area contributed by atoms with E-state index in [1.807, 2.05) is 24.3 Å². The zero-order chi connectivity index (χ0) is 31.2. The molecule has 0 aliphatic rings. The minimum atomic E-state index is 0.722. The largest absolute Gasteiger partial charge is 0.309 e. The summed E-state index contributed by atoms with van der Waals surface area (Å²) in [6, 6.07) is 62.0. The van der Waals surface area contributed by atoms with Crippen LogP contribution in [-0.4, -0.2) is 14.5 Å². The van der Waals surface area contributed by atoms with Crippen molar-refractivity contribution in [3.05, 3.63) is 176 Å². The molecule has 220 valence electrons. The van der Waals surface area contributed by atoms with Gasteiger partial charge in [-0.3, -0.25) is 0 Å². The molecule has 0 radical (unpaired) electrons. The Hall–Kier alpha value is -6.32. The van der Waals surface area contributed by atoms with Crippen LogP contribution in [0.1, 0.15) is 0 Å². The van der Waals surface area contributed by atoms with Gasteiger partial charge in [0.15, 0.2) is 5.82 Å². The number of hydrogen-bond donors (Lipinski definition) is 0. The number of fused-ring (bicyclic) bond motifs is 4. The summed E-state index contributed by atoms with van der Waals surface area (Å²) in [5.74, 6) is 0.722. The van der Waals surface area contributed by atoms with Gasteiger partial charge in [0.05, 0.1) is 22.2 Å². The smallest absolute Gasteiger partial charge is 0.160 e. The van der Waals surface area contributed by atoms with E-state index in [2.05, 4.69) is 156 Å². The lowest BCUT2D eigenvalue weighted by atomic mass is 9.98. The highest BCUT2D eigenvalue weighted by Gasteiger charge is 2.18. The van der Waals surface area contributed by atoms with Gasteiger partial charge in [-0.25, -0.2) is 9.97 Å². The van der Waals surface area contributed by atoms with Crippen LogP contribution in [0.2, 0.25) is 0 Å². The first kappa shape index (κ1) is 27.0. The summed E-state index contributed by atoms with van der Waals surface area (Å²) >= 11 is 0. The normalized spacial score (nSPS) is 11.4. The molecule has 2 aromatic heterocycles. The van der Waals surface area contributed by atoms with E-state index < -0.39 is 0 Å². The molecule has 9 rings (SSSR count). The molecule has 0 atom stereocenters. The van der Waals surface area contributed by atoms with E-state index in [-0.39, 0.29) is 0 Å². The van der Waals surface area contributed by atoms with Crippen LogP contribution in [0, 0.1) is 0 Å². The maximum Gasteiger partial charge on any atom is 0.160 e. The van der Waals surface area contributed by atoms with E-state index >= 15 is 0 Å². The molecule has 9 aromatic rings. The average molecular weight is 600 g/mol. The highest BCUT2D eigenvalue weighted by atomic mass is 15.0. The SMILES string of the molecule is c1ccc(-c2ccc(-n3c4ccccc4c4cccc(-c5ccc6c(-c7ccccc7)nc(-c7ccccc7)nc6c5)c43)cc2)cc1. The zero-order valence-electron chi connectivity index (χ0n) is 25.6. The third kappa shape index (κ3) is 4.68. The first-order valence-electron chi connectivity index (χ1n) is 15.9. The monoisotopic (exact) mass is 599 g/mol. The van der Waals surface area contributed by atoms with Crippen molar-refractivity contribution in [3.8, 4) is 50.6 Å². The summed E-state index contributed by atoms with van der Waals surface area (Å²) in [6.45, 7) is 0. The Morgan fingerprint density at radius 2 is 0.979 bits per heavy atom. The van der Waals surface area contributed by atoms with Gasteiger partial charge in [-0.15, -0.1) is 0 Å². The Labute approximate surface area is 273 Å². The van der Waals surface area contributed by atoms with Crippen molar-refractivity contribution in [3.63, 3.8) is 0 Å². The fourth-order valence-corrected chi connectivity index (χ4v) is 6.78. The minimum Gasteiger partial charge on any atom is -0.309 e. The standard InChI is InChI=1S/C44H29N3/c1-4-13-30(14-5-1)31-23-26-35(27-24-31)47-41-22-11-10-19-37(41)38-21-12-20-36(43(38)47)34-25-28-39-40(29-34)45-44(33-17-8-3-9-18-33)46-42(39)32-15-6-2-7-16-32/h1-29H. The van der Waals surface area contributed by atoms with E-state index in [1.54, 1.807) is 0 Å². The molecule has 0 bridgehead atoms. The van der Waals surface area contributed by atoms with Gasteiger partial charge in [0.1, 0.15) is 0 Å². The predicted molar refractivity (Wildman–Crippen MR) is 196 cm³/mol. The molecule has 7 aromatic carbocycles. The molecular formula is C44H29N3. The molecular weight excluding hydrogens is 571 g/mol. The fraction of sp³-hybridized carbons (Fsp3) is 0. The highest BCUT2D eigenvalue weighted by Crippen LogP contribution is 2.40. The summed E-state index contributed by atoms with van der Waals surface area (Å²) < 4.78 is 2.41. The summed E-state index contributed by atoms with van der Waals surface area (Å²) in [6.07, 6.45) is 0. The lowest BCUT2D eigenvalue weighted by Crippen LogP contribution is -1.97. The lowest BCUT2D eigenvalue weighted by molar-refractivity contribution is 1.18. The Morgan fingerprint density at radius 1 is 0.383 bits per heavy atom. The third-order valence-electron chi connectivity index (χ3n) is 9.01. The summed E-state index contributed by atoms with van der Waals surface area (Å²) in [7, 11) is 0. The molecule has 2 heterocycles. The van der Waals surface area contributed by atoms with Gasteiger partial charge >= 0.3 is 0 Å². The van der Waals surface area contributed by atoms with E-state index in [9.17, 15) is 0 Å². The van der Waals surface area contributed by atoms with Crippen molar-refractivity contribution >= 4 is 32.7 Å². The van der Waals surface area contributed by atoms with Crippen molar-refractivity contribution in [2.24, 2.45) is 0 Å². The first-order valence-corrected chi connectivity index (χ1v) is 15.9. The molecule has 47 heavy (non-hydrogen) atoms. The van der Waals surface area contributed by atoms with Crippen LogP contribution in [0.5, 0.6) is 0 Å². The van der Waals surface area contributed by atoms with E-state index in [1.165, 1.54) is 32.9 Å². The second-order valence-electron chi connectivity index (χ2n) is 11.8. The van der Waals surface area contributed by atoms with Crippen LogP contribution in [0.25, 0.3) is 83.3 Å². The Bertz CT molecular complexity index is 2530. The third-order valence-corrected chi connectivity index (χ3v) is 9.01. The molecule has 0 unspecified atom stereocenters. The number of aromatic nitrogens is 3. The number of benzene rings is 7. The van der Waals surface area contributed by atoms with Crippen LogP contribution >= 0.6 is 0 Å². The zero-order valence-corrected chi connectivity index (χ0v) is 25.6. The molecule has 0 N–H and O–H groups in total. The van der Waals surface area contributed by atoms with Gasteiger partial charge in [0, 0.05) is 38.5 Å². The molecule has 0 saturated carbocycles. The molecule has 0 fully saturated rings. The minimum absolute atomic E-state index is 0.722. The van der Waals surface area contributed by atoms with Gasteiger partial charge in [-0.1, -0.05) is 146 Å². The number of rotatable bonds is 5. The summed E-state index contributed by atoms with van der Waals surface area (Å²) in [5.41, 5.74) is 12.1. The van der Waals surface area contributed by atoms with Crippen LogP contribution in [0.3, 0.4) is 0 Å². The second-order valence-corrected chi connectivity index (χ2v) is 11.8. The van der Waals surface area contributed by atoms with E-state index in [4.69, 9.17) is 9.97 Å². The van der Waals surface area contributed by atoms with Gasteiger partial charge in [-0.05, 0) is 47.0 Å². The maximum absolute atomic E-state index is 5.14. The van der Waals surface area contributed by atoms with Gasteiger partial charge in [0.25, 0.3) is 0 Å². The van der Waals surface area contributed by atoms with Crippen LogP contribution in [-0.2, 0) is 0 Å². The Kier molecular flexibility index (Phi) is 6.46. The average Bonchev–Trinajstić information content (AvgIpc) is 3.50. The molecule has 0 saturated heterocycles. The van der Waals surface area contributed by atoms with Crippen molar-refractivity contribution in [2.75, 3.05) is 0 Å². The number of para-hydroxylation sites is 2. The highest BCUT2D eigenvalue weighted by molar-refractivity contribution is 6.14.